The SMILES string of the molecule is CNC(C)C1(O)Cc2c(O)c3c(c(O)c2C(OC2CC(N)C(O)C(C)O2)C1)C(=O)c1c(OC)cccc1C3=O. The summed E-state index contributed by atoms with van der Waals surface area (Å²) in [5.74, 6) is -2.17. The average molecular weight is 543 g/mol. The molecule has 5 rings (SSSR count). The second kappa shape index (κ2) is 9.84. The molecule has 2 aromatic carbocycles. The van der Waals surface area contributed by atoms with E-state index in [9.17, 15) is 30.0 Å². The van der Waals surface area contributed by atoms with Crippen LogP contribution in [0.4, 0.5) is 0 Å². The van der Waals surface area contributed by atoms with Gasteiger partial charge < -0.3 is 45.7 Å². The van der Waals surface area contributed by atoms with Gasteiger partial charge >= 0.3 is 0 Å². The standard InChI is InChI=1S/C28H34N2O9/c1-11-23(31)15(29)8-18(38-11)39-17-10-28(36,12(2)30-3)9-14-20(17)27(35)22-21(25(14)33)24(32)13-6-5-7-16(37-4)19(13)26(22)34/h5-7,11-12,15,17-18,23,30-31,33,35-36H,8-10,29H2,1-4H3. The van der Waals surface area contributed by atoms with E-state index in [0.29, 0.717) is 0 Å². The Bertz CT molecular complexity index is 1330. The molecule has 0 bridgehead atoms. The molecule has 0 aromatic heterocycles. The van der Waals surface area contributed by atoms with Gasteiger partial charge in [-0.25, -0.2) is 0 Å². The number of phenols is 2. The summed E-state index contributed by atoms with van der Waals surface area (Å²) in [6.45, 7) is 3.42. The number of carbonyl (C=O) groups excluding carboxylic acids is 2. The molecule has 1 aliphatic heterocycles. The molecule has 0 spiro atoms. The quantitative estimate of drug-likeness (QED) is 0.254. The lowest BCUT2D eigenvalue weighted by Crippen LogP contribution is -2.54. The Morgan fingerprint density at radius 3 is 2.49 bits per heavy atom. The molecule has 7 N–H and O–H groups in total. The van der Waals surface area contributed by atoms with Crippen LogP contribution in [0, 0.1) is 0 Å². The van der Waals surface area contributed by atoms with Gasteiger partial charge in [-0.05, 0) is 27.0 Å². The summed E-state index contributed by atoms with van der Waals surface area (Å²) in [5.41, 5.74) is 4.17. The van der Waals surface area contributed by atoms with E-state index in [1.54, 1.807) is 27.0 Å². The van der Waals surface area contributed by atoms with E-state index in [-0.39, 0.29) is 58.4 Å². The number of likely N-dealkylation sites (N-methyl/N-ethyl adjacent to an activating group) is 1. The van der Waals surface area contributed by atoms with Crippen molar-refractivity contribution in [3.8, 4) is 17.2 Å². The Morgan fingerprint density at radius 1 is 1.15 bits per heavy atom. The highest BCUT2D eigenvalue weighted by Gasteiger charge is 2.49. The molecule has 11 nitrogen and oxygen atoms in total. The van der Waals surface area contributed by atoms with Crippen molar-refractivity contribution in [1.29, 1.82) is 0 Å². The maximum atomic E-state index is 13.7. The highest BCUT2D eigenvalue weighted by molar-refractivity contribution is 6.31. The number of ether oxygens (including phenoxy) is 3. The van der Waals surface area contributed by atoms with Gasteiger partial charge in [-0.3, -0.25) is 9.59 Å². The third kappa shape index (κ3) is 4.21. The van der Waals surface area contributed by atoms with Crippen LogP contribution in [0.15, 0.2) is 18.2 Å². The van der Waals surface area contributed by atoms with Gasteiger partial charge in [-0.1, -0.05) is 12.1 Å². The van der Waals surface area contributed by atoms with Gasteiger partial charge in [0.05, 0.1) is 47.7 Å². The number of nitrogens with one attached hydrogen (secondary N) is 1. The number of methoxy groups -OCH3 is 1. The van der Waals surface area contributed by atoms with E-state index in [4.69, 9.17) is 19.9 Å². The van der Waals surface area contributed by atoms with Crippen LogP contribution >= 0.6 is 0 Å². The molecule has 2 aliphatic carbocycles. The van der Waals surface area contributed by atoms with Crippen molar-refractivity contribution in [3.63, 3.8) is 0 Å². The molecule has 2 aromatic rings. The number of carbonyl (C=O) groups is 2. The van der Waals surface area contributed by atoms with Crippen LogP contribution in [0.25, 0.3) is 0 Å². The van der Waals surface area contributed by atoms with Crippen LogP contribution in [0.2, 0.25) is 0 Å². The summed E-state index contributed by atoms with van der Waals surface area (Å²) in [6.07, 6.45) is -3.49. The normalized spacial score (nSPS) is 30.8. The third-order valence-corrected chi connectivity index (χ3v) is 8.41. The first-order valence-corrected chi connectivity index (χ1v) is 12.9. The van der Waals surface area contributed by atoms with Crippen molar-refractivity contribution in [3.05, 3.63) is 51.6 Å². The van der Waals surface area contributed by atoms with Gasteiger partial charge in [0.2, 0.25) is 5.78 Å². The fraction of sp³-hybridized carbons (Fsp3) is 0.500. The van der Waals surface area contributed by atoms with E-state index in [2.05, 4.69) is 5.32 Å². The maximum absolute atomic E-state index is 13.7. The number of benzene rings is 2. The summed E-state index contributed by atoms with van der Waals surface area (Å²) in [7, 11) is 3.05. The maximum Gasteiger partial charge on any atom is 0.202 e. The fourth-order valence-electron chi connectivity index (χ4n) is 6.02. The lowest BCUT2D eigenvalue weighted by molar-refractivity contribution is -0.248. The van der Waals surface area contributed by atoms with E-state index in [1.165, 1.54) is 19.2 Å². The topological polar surface area (TPSA) is 181 Å². The smallest absolute Gasteiger partial charge is 0.202 e. The van der Waals surface area contributed by atoms with Crippen LogP contribution in [-0.2, 0) is 15.9 Å². The lowest BCUT2D eigenvalue weighted by Gasteiger charge is -2.44. The molecule has 11 heteroatoms. The van der Waals surface area contributed by atoms with Gasteiger partial charge in [-0.2, -0.15) is 0 Å². The number of rotatable bonds is 5. The summed E-state index contributed by atoms with van der Waals surface area (Å²) in [6, 6.07) is 3.45. The highest BCUT2D eigenvalue weighted by Crippen LogP contribution is 2.52. The molecule has 3 aliphatic rings. The van der Waals surface area contributed by atoms with Crippen LogP contribution in [0.5, 0.6) is 17.2 Å². The molecular formula is C28H34N2O9. The van der Waals surface area contributed by atoms with E-state index >= 15 is 0 Å². The van der Waals surface area contributed by atoms with Crippen molar-refractivity contribution in [2.45, 2.75) is 75.4 Å². The Hall–Kier alpha value is -3.06. The Balaban J connectivity index is 1.68. The zero-order valence-corrected chi connectivity index (χ0v) is 22.2. The van der Waals surface area contributed by atoms with Crippen molar-refractivity contribution in [1.82, 2.24) is 5.32 Å². The van der Waals surface area contributed by atoms with Gasteiger partial charge in [0.15, 0.2) is 12.1 Å². The number of aromatic hydroxyl groups is 2. The molecule has 210 valence electrons. The summed E-state index contributed by atoms with van der Waals surface area (Å²) in [5, 5.41) is 48.0. The minimum Gasteiger partial charge on any atom is -0.507 e. The predicted molar refractivity (Wildman–Crippen MR) is 138 cm³/mol. The fourth-order valence-corrected chi connectivity index (χ4v) is 6.02. The first-order chi connectivity index (χ1) is 18.4. The Kier molecular flexibility index (Phi) is 6.94. The van der Waals surface area contributed by atoms with Crippen LogP contribution < -0.4 is 15.8 Å². The molecule has 0 radical (unpaired) electrons. The molecular weight excluding hydrogens is 508 g/mol. The number of hydrogen-bond acceptors (Lipinski definition) is 11. The molecule has 39 heavy (non-hydrogen) atoms. The summed E-state index contributed by atoms with van der Waals surface area (Å²) < 4.78 is 17.4. The van der Waals surface area contributed by atoms with Gasteiger partial charge in [0.1, 0.15) is 17.2 Å². The van der Waals surface area contributed by atoms with Gasteiger partial charge in [-0.15, -0.1) is 0 Å². The second-order valence-corrected chi connectivity index (χ2v) is 10.7. The highest BCUT2D eigenvalue weighted by atomic mass is 16.7. The minimum atomic E-state index is -1.46. The molecule has 7 atom stereocenters. The number of ketones is 2. The van der Waals surface area contributed by atoms with Crippen molar-refractivity contribution in [2.24, 2.45) is 5.73 Å². The molecule has 1 heterocycles. The Labute approximate surface area is 225 Å². The monoisotopic (exact) mass is 542 g/mol. The first-order valence-electron chi connectivity index (χ1n) is 12.9. The largest absolute Gasteiger partial charge is 0.507 e. The molecule has 1 saturated heterocycles. The van der Waals surface area contributed by atoms with Crippen LogP contribution in [0.3, 0.4) is 0 Å². The number of nitrogens with two attached hydrogens (primary N) is 1. The number of fused-ring (bicyclic) bond motifs is 3. The molecule has 7 unspecified atom stereocenters. The van der Waals surface area contributed by atoms with Crippen molar-refractivity contribution >= 4 is 11.6 Å². The van der Waals surface area contributed by atoms with Gasteiger partial charge in [0.25, 0.3) is 0 Å². The van der Waals surface area contributed by atoms with Crippen LogP contribution in [0.1, 0.15) is 75.8 Å². The molecule has 0 amide bonds. The molecule has 0 saturated carbocycles. The number of phenolic OH excluding ortho intramolecular Hbond substituents is 2. The zero-order valence-electron chi connectivity index (χ0n) is 22.2. The number of aliphatic hydroxyl groups excluding tert-OH is 1. The predicted octanol–water partition coefficient (Wildman–Crippen LogP) is 1.05. The average Bonchev–Trinajstić information content (AvgIpc) is 2.90. The number of aliphatic hydroxyl groups is 2. The van der Waals surface area contributed by atoms with Crippen molar-refractivity contribution < 1.29 is 44.2 Å². The second-order valence-electron chi connectivity index (χ2n) is 10.7. The minimum absolute atomic E-state index is 0.00913. The summed E-state index contributed by atoms with van der Waals surface area (Å²) >= 11 is 0. The lowest BCUT2D eigenvalue weighted by atomic mass is 9.71. The van der Waals surface area contributed by atoms with E-state index < -0.39 is 65.4 Å². The Morgan fingerprint density at radius 2 is 1.85 bits per heavy atom. The van der Waals surface area contributed by atoms with E-state index in [0.717, 1.165) is 0 Å². The zero-order chi connectivity index (χ0) is 28.4. The van der Waals surface area contributed by atoms with Crippen molar-refractivity contribution in [2.75, 3.05) is 14.2 Å². The van der Waals surface area contributed by atoms with E-state index in [1.807, 2.05) is 0 Å². The number of hydrogen-bond donors (Lipinski definition) is 6. The first kappa shape index (κ1) is 27.5. The molecule has 1 fully saturated rings. The van der Waals surface area contributed by atoms with Gasteiger partial charge in [0, 0.05) is 48.0 Å². The summed E-state index contributed by atoms with van der Waals surface area (Å²) in [4.78, 5) is 27.3. The van der Waals surface area contributed by atoms with Crippen LogP contribution in [-0.4, -0.2) is 82.3 Å². The third-order valence-electron chi connectivity index (χ3n) is 8.41.